The number of benzene rings is 1. The van der Waals surface area contributed by atoms with Crippen molar-refractivity contribution in [2.45, 2.75) is 12.5 Å². The van der Waals surface area contributed by atoms with Crippen molar-refractivity contribution in [3.63, 3.8) is 0 Å². The first kappa shape index (κ1) is 14.5. The van der Waals surface area contributed by atoms with E-state index >= 15 is 0 Å². The van der Waals surface area contributed by atoms with E-state index < -0.39 is 22.0 Å². The fourth-order valence-electron chi connectivity index (χ4n) is 1.44. The van der Waals surface area contributed by atoms with Gasteiger partial charge in [0, 0.05) is 0 Å². The molecule has 1 atom stereocenters. The Hall–Kier alpha value is -1.60. The van der Waals surface area contributed by atoms with E-state index in [4.69, 9.17) is 5.11 Å². The molecule has 0 saturated carbocycles. The summed E-state index contributed by atoms with van der Waals surface area (Å²) in [5, 5.41) is 9.13. The highest BCUT2D eigenvalue weighted by Crippen LogP contribution is 2.12. The molecule has 6 nitrogen and oxygen atoms in total. The van der Waals surface area contributed by atoms with Crippen LogP contribution < -0.4 is 4.72 Å². The van der Waals surface area contributed by atoms with Gasteiger partial charge in [0.1, 0.15) is 11.8 Å². The first-order valence-electron chi connectivity index (χ1n) is 5.15. The maximum absolute atomic E-state index is 11.5. The first-order valence-corrected chi connectivity index (χ1v) is 7.04. The van der Waals surface area contributed by atoms with Gasteiger partial charge in [-0.15, -0.1) is 0 Å². The summed E-state index contributed by atoms with van der Waals surface area (Å²) in [7, 11) is -2.32. The van der Waals surface area contributed by atoms with E-state index in [0.29, 0.717) is 5.56 Å². The summed E-state index contributed by atoms with van der Waals surface area (Å²) in [6.07, 6.45) is 1.12. The number of aromatic hydroxyl groups is 1. The highest BCUT2D eigenvalue weighted by molar-refractivity contribution is 7.88. The van der Waals surface area contributed by atoms with Crippen molar-refractivity contribution in [2.75, 3.05) is 13.4 Å². The Balaban J connectivity index is 2.84. The minimum absolute atomic E-state index is 0.101. The molecule has 0 spiro atoms. The average Bonchev–Trinajstić information content (AvgIpc) is 2.28. The number of esters is 1. The third kappa shape index (κ3) is 4.72. The smallest absolute Gasteiger partial charge is 0.324 e. The van der Waals surface area contributed by atoms with Crippen LogP contribution in [0, 0.1) is 0 Å². The summed E-state index contributed by atoms with van der Waals surface area (Å²) in [6.45, 7) is 0. The minimum atomic E-state index is -3.51. The van der Waals surface area contributed by atoms with Gasteiger partial charge in [0.2, 0.25) is 10.0 Å². The van der Waals surface area contributed by atoms with E-state index in [2.05, 4.69) is 9.46 Å². The van der Waals surface area contributed by atoms with Gasteiger partial charge in [-0.25, -0.2) is 13.1 Å². The lowest BCUT2D eigenvalue weighted by Crippen LogP contribution is -2.42. The Morgan fingerprint density at radius 2 is 1.94 bits per heavy atom. The largest absolute Gasteiger partial charge is 0.508 e. The lowest BCUT2D eigenvalue weighted by molar-refractivity contribution is -0.142. The van der Waals surface area contributed by atoms with Crippen LogP contribution in [0.15, 0.2) is 24.3 Å². The summed E-state index contributed by atoms with van der Waals surface area (Å²) in [6, 6.07) is 5.16. The number of hydrogen-bond donors (Lipinski definition) is 2. The summed E-state index contributed by atoms with van der Waals surface area (Å²) < 4.78 is 29.0. The van der Waals surface area contributed by atoms with Crippen LogP contribution in [0.3, 0.4) is 0 Å². The lowest BCUT2D eigenvalue weighted by Gasteiger charge is -2.15. The Kier molecular flexibility index (Phi) is 4.69. The van der Waals surface area contributed by atoms with Gasteiger partial charge in [0.05, 0.1) is 13.4 Å². The molecule has 1 aromatic carbocycles. The zero-order valence-corrected chi connectivity index (χ0v) is 10.9. The molecule has 0 saturated heterocycles. The molecule has 0 radical (unpaired) electrons. The van der Waals surface area contributed by atoms with E-state index in [1.807, 2.05) is 0 Å². The Bertz CT molecular complexity index is 509. The maximum atomic E-state index is 11.5. The number of phenolic OH excluding ortho intramolecular Hbond substituents is 1. The molecule has 0 aromatic heterocycles. The zero-order chi connectivity index (χ0) is 13.8. The molecule has 1 rings (SSSR count). The topological polar surface area (TPSA) is 92.7 Å². The quantitative estimate of drug-likeness (QED) is 0.738. The summed E-state index contributed by atoms with van der Waals surface area (Å²) in [4.78, 5) is 11.5. The molecule has 18 heavy (non-hydrogen) atoms. The lowest BCUT2D eigenvalue weighted by atomic mass is 10.1. The third-order valence-electron chi connectivity index (χ3n) is 2.22. The van der Waals surface area contributed by atoms with Gasteiger partial charge in [-0.05, 0) is 24.1 Å². The summed E-state index contributed by atoms with van der Waals surface area (Å²) in [5.41, 5.74) is 0.708. The Labute approximate surface area is 106 Å². The van der Waals surface area contributed by atoms with E-state index in [1.54, 1.807) is 12.1 Å². The van der Waals surface area contributed by atoms with Crippen molar-refractivity contribution in [1.82, 2.24) is 4.72 Å². The summed E-state index contributed by atoms with van der Waals surface area (Å²) in [5.74, 6) is -0.557. The number of rotatable bonds is 5. The van der Waals surface area contributed by atoms with E-state index in [-0.39, 0.29) is 12.2 Å². The van der Waals surface area contributed by atoms with Crippen LogP contribution in [0.1, 0.15) is 5.56 Å². The van der Waals surface area contributed by atoms with Crippen LogP contribution in [0.4, 0.5) is 0 Å². The summed E-state index contributed by atoms with van der Waals surface area (Å²) >= 11 is 0. The molecule has 0 bridgehead atoms. The second kappa shape index (κ2) is 5.83. The van der Waals surface area contributed by atoms with Crippen molar-refractivity contribution in [3.8, 4) is 5.75 Å². The number of phenols is 1. The Morgan fingerprint density at radius 3 is 2.39 bits per heavy atom. The molecule has 0 amide bonds. The van der Waals surface area contributed by atoms with Crippen molar-refractivity contribution in [2.24, 2.45) is 0 Å². The van der Waals surface area contributed by atoms with Crippen molar-refractivity contribution in [3.05, 3.63) is 29.8 Å². The fraction of sp³-hybridized carbons (Fsp3) is 0.364. The molecule has 7 heteroatoms. The molecule has 0 aliphatic heterocycles. The van der Waals surface area contributed by atoms with Crippen LogP contribution in [0.2, 0.25) is 0 Å². The highest BCUT2D eigenvalue weighted by atomic mass is 32.2. The highest BCUT2D eigenvalue weighted by Gasteiger charge is 2.23. The Morgan fingerprint density at radius 1 is 1.39 bits per heavy atom. The maximum Gasteiger partial charge on any atom is 0.324 e. The van der Waals surface area contributed by atoms with Crippen LogP contribution in [-0.2, 0) is 26.0 Å². The SMILES string of the molecule is COC(=O)[C@H](Cc1ccc(O)cc1)NS(C)(=O)=O. The van der Waals surface area contributed by atoms with Crippen LogP contribution in [-0.4, -0.2) is 38.9 Å². The molecule has 0 fully saturated rings. The molecule has 0 heterocycles. The number of carbonyl (C=O) groups is 1. The number of hydrogen-bond acceptors (Lipinski definition) is 5. The number of sulfonamides is 1. The van der Waals surface area contributed by atoms with Crippen molar-refractivity contribution < 1.29 is 23.1 Å². The standard InChI is InChI=1S/C11H15NO5S/c1-17-11(14)10(12-18(2,15)16)7-8-3-5-9(13)6-4-8/h3-6,10,12-13H,7H2,1-2H3/t10-/m0/s1. The minimum Gasteiger partial charge on any atom is -0.508 e. The van der Waals surface area contributed by atoms with Crippen LogP contribution in [0.25, 0.3) is 0 Å². The van der Waals surface area contributed by atoms with Gasteiger partial charge in [0.25, 0.3) is 0 Å². The third-order valence-corrected chi connectivity index (χ3v) is 2.93. The molecule has 1 aromatic rings. The average molecular weight is 273 g/mol. The van der Waals surface area contributed by atoms with Gasteiger partial charge in [0.15, 0.2) is 0 Å². The number of ether oxygens (including phenoxy) is 1. The van der Waals surface area contributed by atoms with Gasteiger partial charge in [-0.3, -0.25) is 4.79 Å². The van der Waals surface area contributed by atoms with Gasteiger partial charge < -0.3 is 9.84 Å². The van der Waals surface area contributed by atoms with Crippen LogP contribution >= 0.6 is 0 Å². The number of carbonyl (C=O) groups excluding carboxylic acids is 1. The van der Waals surface area contributed by atoms with E-state index in [0.717, 1.165) is 6.26 Å². The number of methoxy groups -OCH3 is 1. The van der Waals surface area contributed by atoms with Crippen LogP contribution in [0.5, 0.6) is 5.75 Å². The fourth-order valence-corrected chi connectivity index (χ4v) is 2.14. The predicted octanol–water partition coefficient (Wildman–Crippen LogP) is 0.0255. The molecule has 0 aliphatic carbocycles. The van der Waals surface area contributed by atoms with Gasteiger partial charge >= 0.3 is 5.97 Å². The molecular formula is C11H15NO5S. The molecule has 0 unspecified atom stereocenters. The van der Waals surface area contributed by atoms with Gasteiger partial charge in [-0.1, -0.05) is 12.1 Å². The number of nitrogens with one attached hydrogen (secondary N) is 1. The second-order valence-electron chi connectivity index (χ2n) is 3.84. The van der Waals surface area contributed by atoms with E-state index in [1.165, 1.54) is 19.2 Å². The van der Waals surface area contributed by atoms with Crippen molar-refractivity contribution in [1.29, 1.82) is 0 Å². The molecule has 2 N–H and O–H groups in total. The predicted molar refractivity (Wildman–Crippen MR) is 65.6 cm³/mol. The molecular weight excluding hydrogens is 258 g/mol. The zero-order valence-electron chi connectivity index (χ0n) is 10.1. The monoisotopic (exact) mass is 273 g/mol. The van der Waals surface area contributed by atoms with E-state index in [9.17, 15) is 13.2 Å². The molecule has 100 valence electrons. The second-order valence-corrected chi connectivity index (χ2v) is 5.62. The normalized spacial score (nSPS) is 13.0. The molecule has 0 aliphatic rings. The van der Waals surface area contributed by atoms with Crippen molar-refractivity contribution >= 4 is 16.0 Å². The van der Waals surface area contributed by atoms with Gasteiger partial charge in [-0.2, -0.15) is 0 Å². The first-order chi connectivity index (χ1) is 8.31.